The van der Waals surface area contributed by atoms with Crippen molar-refractivity contribution in [3.63, 3.8) is 0 Å². The average molecular weight is 301 g/mol. The summed E-state index contributed by atoms with van der Waals surface area (Å²) in [5.74, 6) is 1.25. The summed E-state index contributed by atoms with van der Waals surface area (Å²) in [5.41, 5.74) is 2.34. The van der Waals surface area contributed by atoms with Gasteiger partial charge in [-0.25, -0.2) is 4.98 Å². The van der Waals surface area contributed by atoms with Crippen LogP contribution in [-0.2, 0) is 4.79 Å². The molecule has 0 unspecified atom stereocenters. The van der Waals surface area contributed by atoms with Crippen LogP contribution in [0.25, 0.3) is 11.1 Å². The third kappa shape index (κ3) is 3.30. The Labute approximate surface area is 130 Å². The van der Waals surface area contributed by atoms with Gasteiger partial charge in [-0.2, -0.15) is 0 Å². The Balaban J connectivity index is 1.68. The lowest BCUT2D eigenvalue weighted by Crippen LogP contribution is -2.33. The Morgan fingerprint density at radius 3 is 2.95 bits per heavy atom. The van der Waals surface area contributed by atoms with E-state index in [1.54, 1.807) is 0 Å². The van der Waals surface area contributed by atoms with Crippen LogP contribution in [0.15, 0.2) is 22.6 Å². The first-order chi connectivity index (χ1) is 10.8. The number of unbranched alkanes of at least 4 members (excludes halogenated alkanes) is 1. The van der Waals surface area contributed by atoms with Gasteiger partial charge in [0, 0.05) is 17.7 Å². The average Bonchev–Trinajstić information content (AvgIpc) is 2.97. The number of piperidine rings is 1. The number of hydrogen-bond donors (Lipinski definition) is 1. The summed E-state index contributed by atoms with van der Waals surface area (Å²) in [6, 6.07) is 5.57. The van der Waals surface area contributed by atoms with E-state index in [4.69, 9.17) is 4.42 Å². The quantitative estimate of drug-likeness (QED) is 0.831. The lowest BCUT2D eigenvalue weighted by molar-refractivity contribution is -0.105. The zero-order valence-corrected chi connectivity index (χ0v) is 13.0. The number of aromatic nitrogens is 1. The van der Waals surface area contributed by atoms with Gasteiger partial charge in [-0.3, -0.25) is 4.79 Å². The second-order valence-corrected chi connectivity index (χ2v) is 5.97. The van der Waals surface area contributed by atoms with Crippen LogP contribution in [0.2, 0.25) is 0 Å². The molecule has 0 radical (unpaired) electrons. The summed E-state index contributed by atoms with van der Waals surface area (Å²) >= 11 is 0. The molecule has 1 N–H and O–H groups in total. The van der Waals surface area contributed by atoms with Crippen LogP contribution in [0.5, 0.6) is 0 Å². The molecule has 2 aromatic rings. The van der Waals surface area contributed by atoms with Gasteiger partial charge in [0.1, 0.15) is 5.52 Å². The molecule has 118 valence electrons. The number of nitrogens with one attached hydrogen (secondary N) is 1. The zero-order valence-electron chi connectivity index (χ0n) is 13.0. The van der Waals surface area contributed by atoms with Crippen molar-refractivity contribution < 1.29 is 9.21 Å². The number of carbonyl (C=O) groups is 1. The summed E-state index contributed by atoms with van der Waals surface area (Å²) in [4.78, 5) is 17.7. The van der Waals surface area contributed by atoms with Gasteiger partial charge in [-0.15, -0.1) is 0 Å². The number of fused-ring (bicyclic) bond motifs is 1. The molecule has 5 nitrogen and oxygen atoms in total. The van der Waals surface area contributed by atoms with Crippen LogP contribution in [0.3, 0.4) is 0 Å². The number of hydrogen-bond acceptors (Lipinski definition) is 4. The highest BCUT2D eigenvalue weighted by molar-refractivity contribution is 5.81. The first kappa shape index (κ1) is 15.0. The van der Waals surface area contributed by atoms with Crippen molar-refractivity contribution in [2.75, 3.05) is 25.0 Å². The van der Waals surface area contributed by atoms with Crippen molar-refractivity contribution in [1.29, 1.82) is 0 Å². The fourth-order valence-electron chi connectivity index (χ4n) is 3.06. The molecule has 1 amide bonds. The standard InChI is InChI=1S/C17H23N3O2/c1-2-3-8-20-9-6-13(7-10-20)17-19-15-5-4-14(18-12-21)11-16(15)22-17/h4-5,11-13H,2-3,6-10H2,1H3,(H,18,21). The normalized spacial score (nSPS) is 17.0. The van der Waals surface area contributed by atoms with Gasteiger partial charge in [0.2, 0.25) is 6.41 Å². The van der Waals surface area contributed by atoms with Gasteiger partial charge in [0.25, 0.3) is 0 Å². The van der Waals surface area contributed by atoms with E-state index in [9.17, 15) is 4.79 Å². The van der Waals surface area contributed by atoms with Crippen LogP contribution in [0.4, 0.5) is 5.69 Å². The number of amides is 1. The summed E-state index contributed by atoms with van der Waals surface area (Å²) in [7, 11) is 0. The fourth-order valence-corrected chi connectivity index (χ4v) is 3.06. The first-order valence-corrected chi connectivity index (χ1v) is 8.13. The molecule has 0 atom stereocenters. The first-order valence-electron chi connectivity index (χ1n) is 8.13. The van der Waals surface area contributed by atoms with Gasteiger partial charge in [-0.05, 0) is 51.0 Å². The molecule has 1 saturated heterocycles. The maximum atomic E-state index is 10.5. The minimum atomic E-state index is 0.410. The number of anilines is 1. The second kappa shape index (κ2) is 6.92. The van der Waals surface area contributed by atoms with E-state index in [2.05, 4.69) is 22.1 Å². The molecule has 0 aliphatic carbocycles. The molecule has 22 heavy (non-hydrogen) atoms. The van der Waals surface area contributed by atoms with Gasteiger partial charge in [0.15, 0.2) is 11.5 Å². The van der Waals surface area contributed by atoms with E-state index in [1.807, 2.05) is 18.2 Å². The van der Waals surface area contributed by atoms with Gasteiger partial charge in [0.05, 0.1) is 0 Å². The number of rotatable bonds is 6. The number of oxazole rings is 1. The van der Waals surface area contributed by atoms with E-state index >= 15 is 0 Å². The summed E-state index contributed by atoms with van der Waals surface area (Å²) in [6.45, 7) is 5.69. The molecule has 1 fully saturated rings. The molecule has 0 saturated carbocycles. The highest BCUT2D eigenvalue weighted by Crippen LogP contribution is 2.30. The van der Waals surface area contributed by atoms with Crippen molar-refractivity contribution in [3.8, 4) is 0 Å². The van der Waals surface area contributed by atoms with Crippen molar-refractivity contribution in [1.82, 2.24) is 9.88 Å². The Morgan fingerprint density at radius 2 is 2.23 bits per heavy atom. The van der Waals surface area contributed by atoms with Gasteiger partial charge >= 0.3 is 0 Å². The van der Waals surface area contributed by atoms with Crippen molar-refractivity contribution >= 4 is 23.2 Å². The minimum Gasteiger partial charge on any atom is -0.440 e. The highest BCUT2D eigenvalue weighted by Gasteiger charge is 2.24. The fraction of sp³-hybridized carbons (Fsp3) is 0.529. The monoisotopic (exact) mass is 301 g/mol. The SMILES string of the molecule is CCCCN1CCC(c2nc3ccc(NC=O)cc3o2)CC1. The van der Waals surface area contributed by atoms with E-state index in [0.29, 0.717) is 12.3 Å². The van der Waals surface area contributed by atoms with E-state index < -0.39 is 0 Å². The lowest BCUT2D eigenvalue weighted by atomic mass is 9.96. The predicted octanol–water partition coefficient (Wildman–Crippen LogP) is 3.38. The highest BCUT2D eigenvalue weighted by atomic mass is 16.3. The summed E-state index contributed by atoms with van der Waals surface area (Å²) in [5, 5.41) is 2.64. The Kier molecular flexibility index (Phi) is 4.73. The van der Waals surface area contributed by atoms with E-state index in [1.165, 1.54) is 19.4 Å². The molecule has 2 heterocycles. The van der Waals surface area contributed by atoms with Crippen LogP contribution in [-0.4, -0.2) is 35.9 Å². The largest absolute Gasteiger partial charge is 0.440 e. The van der Waals surface area contributed by atoms with Crippen LogP contribution in [0.1, 0.15) is 44.4 Å². The van der Waals surface area contributed by atoms with Crippen LogP contribution < -0.4 is 5.32 Å². The molecule has 1 aliphatic heterocycles. The minimum absolute atomic E-state index is 0.410. The van der Waals surface area contributed by atoms with Crippen molar-refractivity contribution in [2.45, 2.75) is 38.5 Å². The maximum Gasteiger partial charge on any atom is 0.211 e. The third-order valence-electron chi connectivity index (χ3n) is 4.40. The smallest absolute Gasteiger partial charge is 0.211 e. The molecule has 1 aromatic carbocycles. The Hall–Kier alpha value is -1.88. The van der Waals surface area contributed by atoms with Crippen LogP contribution in [0, 0.1) is 0 Å². The Bertz CT molecular complexity index is 630. The van der Waals surface area contributed by atoms with Gasteiger partial charge in [-0.1, -0.05) is 13.3 Å². The van der Waals surface area contributed by atoms with Gasteiger partial charge < -0.3 is 14.6 Å². The molecule has 1 aliphatic rings. The van der Waals surface area contributed by atoms with E-state index in [-0.39, 0.29) is 0 Å². The van der Waals surface area contributed by atoms with Crippen LogP contribution >= 0.6 is 0 Å². The number of carbonyl (C=O) groups excluding carboxylic acids is 1. The molecule has 5 heteroatoms. The molecular weight excluding hydrogens is 278 g/mol. The zero-order chi connectivity index (χ0) is 15.4. The molecule has 0 spiro atoms. The second-order valence-electron chi connectivity index (χ2n) is 5.97. The summed E-state index contributed by atoms with van der Waals surface area (Å²) in [6.07, 6.45) is 5.42. The number of nitrogens with zero attached hydrogens (tertiary/aromatic N) is 2. The third-order valence-corrected chi connectivity index (χ3v) is 4.40. The van der Waals surface area contributed by atoms with E-state index in [0.717, 1.165) is 48.6 Å². The molecular formula is C17H23N3O2. The maximum absolute atomic E-state index is 10.5. The Morgan fingerprint density at radius 1 is 1.41 bits per heavy atom. The molecule has 3 rings (SSSR count). The van der Waals surface area contributed by atoms with Crippen molar-refractivity contribution in [3.05, 3.63) is 24.1 Å². The summed E-state index contributed by atoms with van der Waals surface area (Å²) < 4.78 is 5.93. The lowest BCUT2D eigenvalue weighted by Gasteiger charge is -2.30. The topological polar surface area (TPSA) is 58.4 Å². The molecule has 0 bridgehead atoms. The number of benzene rings is 1. The molecule has 1 aromatic heterocycles. The number of likely N-dealkylation sites (tertiary alicyclic amines) is 1. The van der Waals surface area contributed by atoms with Crippen molar-refractivity contribution in [2.24, 2.45) is 0 Å². The predicted molar refractivity (Wildman–Crippen MR) is 87.0 cm³/mol.